The molecule has 1 aliphatic heterocycles. The smallest absolute Gasteiger partial charge is 0.166 e. The van der Waals surface area contributed by atoms with Crippen LogP contribution >= 0.6 is 0 Å². The zero-order chi connectivity index (χ0) is 13.8. The lowest BCUT2D eigenvalue weighted by molar-refractivity contribution is 0.0900. The summed E-state index contributed by atoms with van der Waals surface area (Å²) in [5.41, 5.74) is 0.832. The molecule has 0 aromatic heterocycles. The van der Waals surface area contributed by atoms with Crippen molar-refractivity contribution in [3.05, 3.63) is 35.9 Å². The molecular weight excluding hydrogens is 236 g/mol. The minimum atomic E-state index is 0.0725. The SMILES string of the molecule is CC(CN1CCC(N(C)C)C1)C(=O)c1ccccc1. The first-order valence-corrected chi connectivity index (χ1v) is 7.06. The van der Waals surface area contributed by atoms with Crippen LogP contribution in [0.15, 0.2) is 30.3 Å². The molecule has 2 rings (SSSR count). The number of likely N-dealkylation sites (N-methyl/N-ethyl adjacent to an activating group) is 1. The van der Waals surface area contributed by atoms with Crippen LogP contribution in [0.2, 0.25) is 0 Å². The Morgan fingerprint density at radius 2 is 2.05 bits per heavy atom. The predicted octanol–water partition coefficient (Wildman–Crippen LogP) is 2.14. The van der Waals surface area contributed by atoms with Crippen molar-refractivity contribution in [3.8, 4) is 0 Å². The normalized spacial score (nSPS) is 21.8. The number of carbonyl (C=O) groups excluding carboxylic acids is 1. The van der Waals surface area contributed by atoms with E-state index in [1.165, 1.54) is 6.42 Å². The second-order valence-electron chi connectivity index (χ2n) is 5.80. The van der Waals surface area contributed by atoms with E-state index in [4.69, 9.17) is 0 Å². The quantitative estimate of drug-likeness (QED) is 0.758. The van der Waals surface area contributed by atoms with Gasteiger partial charge in [0.05, 0.1) is 0 Å². The molecular formula is C16H24N2O. The molecule has 0 aliphatic carbocycles. The predicted molar refractivity (Wildman–Crippen MR) is 78.5 cm³/mol. The molecule has 0 spiro atoms. The molecule has 1 aromatic rings. The van der Waals surface area contributed by atoms with Gasteiger partial charge < -0.3 is 9.80 Å². The maximum absolute atomic E-state index is 12.3. The summed E-state index contributed by atoms with van der Waals surface area (Å²) in [5, 5.41) is 0. The van der Waals surface area contributed by atoms with Gasteiger partial charge in [0, 0.05) is 30.6 Å². The Morgan fingerprint density at radius 1 is 1.37 bits per heavy atom. The number of benzene rings is 1. The van der Waals surface area contributed by atoms with Crippen LogP contribution in [0.25, 0.3) is 0 Å². The molecule has 1 aliphatic rings. The zero-order valence-electron chi connectivity index (χ0n) is 12.2. The lowest BCUT2D eigenvalue weighted by Crippen LogP contribution is -2.34. The molecule has 1 fully saturated rings. The average Bonchev–Trinajstić information content (AvgIpc) is 2.87. The molecule has 3 nitrogen and oxygen atoms in total. The number of nitrogens with zero attached hydrogens (tertiary/aromatic N) is 2. The molecule has 104 valence electrons. The molecule has 0 amide bonds. The summed E-state index contributed by atoms with van der Waals surface area (Å²) >= 11 is 0. The fraction of sp³-hybridized carbons (Fsp3) is 0.562. The Bertz CT molecular complexity index is 416. The number of hydrogen-bond donors (Lipinski definition) is 0. The third-order valence-corrected chi connectivity index (χ3v) is 4.02. The van der Waals surface area contributed by atoms with Gasteiger partial charge in [-0.15, -0.1) is 0 Å². The molecule has 2 atom stereocenters. The van der Waals surface area contributed by atoms with E-state index in [1.807, 2.05) is 37.3 Å². The van der Waals surface area contributed by atoms with E-state index in [9.17, 15) is 4.79 Å². The van der Waals surface area contributed by atoms with Crippen LogP contribution in [-0.2, 0) is 0 Å². The van der Waals surface area contributed by atoms with Gasteiger partial charge in [-0.25, -0.2) is 0 Å². The van der Waals surface area contributed by atoms with Crippen molar-refractivity contribution < 1.29 is 4.79 Å². The van der Waals surface area contributed by atoms with Crippen molar-refractivity contribution in [3.63, 3.8) is 0 Å². The van der Waals surface area contributed by atoms with Gasteiger partial charge in [-0.1, -0.05) is 37.3 Å². The van der Waals surface area contributed by atoms with E-state index in [2.05, 4.69) is 23.9 Å². The van der Waals surface area contributed by atoms with Crippen molar-refractivity contribution in [1.29, 1.82) is 0 Å². The van der Waals surface area contributed by atoms with Crippen LogP contribution in [0.4, 0.5) is 0 Å². The van der Waals surface area contributed by atoms with Crippen molar-refractivity contribution in [2.24, 2.45) is 5.92 Å². The van der Waals surface area contributed by atoms with Crippen LogP contribution in [0, 0.1) is 5.92 Å². The highest BCUT2D eigenvalue weighted by molar-refractivity contribution is 5.97. The fourth-order valence-electron chi connectivity index (χ4n) is 2.76. The summed E-state index contributed by atoms with van der Waals surface area (Å²) in [6, 6.07) is 10.3. The van der Waals surface area contributed by atoms with Crippen molar-refractivity contribution >= 4 is 5.78 Å². The third-order valence-electron chi connectivity index (χ3n) is 4.02. The summed E-state index contributed by atoms with van der Waals surface area (Å²) < 4.78 is 0. The highest BCUT2D eigenvalue weighted by Crippen LogP contribution is 2.17. The van der Waals surface area contributed by atoms with Gasteiger partial charge in [0.1, 0.15) is 0 Å². The second-order valence-corrected chi connectivity index (χ2v) is 5.80. The van der Waals surface area contributed by atoms with Gasteiger partial charge in [0.25, 0.3) is 0 Å². The fourth-order valence-corrected chi connectivity index (χ4v) is 2.76. The van der Waals surface area contributed by atoms with E-state index in [0.717, 1.165) is 25.2 Å². The summed E-state index contributed by atoms with van der Waals surface area (Å²) in [4.78, 5) is 17.0. The lowest BCUT2D eigenvalue weighted by atomic mass is 9.99. The maximum Gasteiger partial charge on any atom is 0.166 e. The number of Topliss-reactive ketones (excluding diaryl/α,β-unsaturated/α-hetero) is 1. The molecule has 1 aromatic carbocycles. The monoisotopic (exact) mass is 260 g/mol. The highest BCUT2D eigenvalue weighted by atomic mass is 16.1. The number of hydrogen-bond acceptors (Lipinski definition) is 3. The van der Waals surface area contributed by atoms with Crippen LogP contribution in [-0.4, -0.2) is 55.4 Å². The van der Waals surface area contributed by atoms with Gasteiger partial charge in [0.2, 0.25) is 0 Å². The number of carbonyl (C=O) groups is 1. The molecule has 0 radical (unpaired) electrons. The van der Waals surface area contributed by atoms with E-state index < -0.39 is 0 Å². The van der Waals surface area contributed by atoms with Gasteiger partial charge >= 0.3 is 0 Å². The van der Waals surface area contributed by atoms with Crippen molar-refractivity contribution in [1.82, 2.24) is 9.80 Å². The van der Waals surface area contributed by atoms with Gasteiger partial charge in [-0.3, -0.25) is 4.79 Å². The maximum atomic E-state index is 12.3. The van der Waals surface area contributed by atoms with Gasteiger partial charge in [-0.2, -0.15) is 0 Å². The lowest BCUT2D eigenvalue weighted by Gasteiger charge is -2.22. The Morgan fingerprint density at radius 3 is 2.63 bits per heavy atom. The standard InChI is InChI=1S/C16H24N2O/c1-13(16(19)14-7-5-4-6-8-14)11-18-10-9-15(12-18)17(2)3/h4-8,13,15H,9-12H2,1-3H3. The zero-order valence-corrected chi connectivity index (χ0v) is 12.2. The third kappa shape index (κ3) is 3.64. The van der Waals surface area contributed by atoms with E-state index in [0.29, 0.717) is 6.04 Å². The van der Waals surface area contributed by atoms with Crippen molar-refractivity contribution in [2.45, 2.75) is 19.4 Å². The Labute approximate surface area is 116 Å². The molecule has 19 heavy (non-hydrogen) atoms. The largest absolute Gasteiger partial charge is 0.305 e. The van der Waals surface area contributed by atoms with Crippen LogP contribution < -0.4 is 0 Å². The van der Waals surface area contributed by atoms with Crippen LogP contribution in [0.3, 0.4) is 0 Å². The second kappa shape index (κ2) is 6.31. The first-order chi connectivity index (χ1) is 9.08. The molecule has 1 heterocycles. The number of rotatable bonds is 5. The molecule has 0 N–H and O–H groups in total. The molecule has 0 bridgehead atoms. The Kier molecular flexibility index (Phi) is 4.72. The first-order valence-electron chi connectivity index (χ1n) is 7.06. The Balaban J connectivity index is 1.88. The minimum Gasteiger partial charge on any atom is -0.305 e. The van der Waals surface area contributed by atoms with E-state index >= 15 is 0 Å². The molecule has 3 heteroatoms. The van der Waals surface area contributed by atoms with Crippen LogP contribution in [0.5, 0.6) is 0 Å². The minimum absolute atomic E-state index is 0.0725. The number of likely N-dealkylation sites (tertiary alicyclic amines) is 1. The van der Waals surface area contributed by atoms with Gasteiger partial charge in [0.15, 0.2) is 5.78 Å². The number of ketones is 1. The molecule has 2 unspecified atom stereocenters. The summed E-state index contributed by atoms with van der Waals surface area (Å²) in [6.45, 7) is 5.10. The topological polar surface area (TPSA) is 23.6 Å². The molecule has 1 saturated heterocycles. The summed E-state index contributed by atoms with van der Waals surface area (Å²) in [6.07, 6.45) is 1.21. The van der Waals surface area contributed by atoms with Crippen molar-refractivity contribution in [2.75, 3.05) is 33.7 Å². The highest BCUT2D eigenvalue weighted by Gasteiger charge is 2.26. The average molecular weight is 260 g/mol. The van der Waals surface area contributed by atoms with E-state index in [1.54, 1.807) is 0 Å². The van der Waals surface area contributed by atoms with Gasteiger partial charge in [-0.05, 0) is 27.1 Å². The summed E-state index contributed by atoms with van der Waals surface area (Å²) in [7, 11) is 4.26. The summed E-state index contributed by atoms with van der Waals surface area (Å²) in [5.74, 6) is 0.331. The molecule has 0 saturated carbocycles. The first kappa shape index (κ1) is 14.2. The van der Waals surface area contributed by atoms with E-state index in [-0.39, 0.29) is 11.7 Å². The Hall–Kier alpha value is -1.19. The van der Waals surface area contributed by atoms with Crippen LogP contribution in [0.1, 0.15) is 23.7 Å².